The van der Waals surface area contributed by atoms with E-state index in [0.717, 1.165) is 11.3 Å². The van der Waals surface area contributed by atoms with E-state index in [0.29, 0.717) is 35.7 Å². The number of nitrogens with one attached hydrogen (secondary N) is 1. The summed E-state index contributed by atoms with van der Waals surface area (Å²) in [4.78, 5) is 26.0. The van der Waals surface area contributed by atoms with E-state index in [1.807, 2.05) is 25.1 Å². The molecule has 4 nitrogen and oxygen atoms in total. The number of halogens is 1. The van der Waals surface area contributed by atoms with Crippen LogP contribution in [0.25, 0.3) is 0 Å². The van der Waals surface area contributed by atoms with E-state index in [-0.39, 0.29) is 11.8 Å². The highest BCUT2D eigenvalue weighted by atomic mass is 35.5. The molecule has 0 radical (unpaired) electrons. The van der Waals surface area contributed by atoms with Crippen LogP contribution in [0.2, 0.25) is 5.02 Å². The largest absolute Gasteiger partial charge is 0.322 e. The fourth-order valence-corrected chi connectivity index (χ4v) is 3.05. The molecular weight excluding hydrogens is 312 g/mol. The Morgan fingerprint density at radius 2 is 2.00 bits per heavy atom. The highest BCUT2D eigenvalue weighted by Crippen LogP contribution is 2.30. The molecule has 0 saturated heterocycles. The Labute approximate surface area is 140 Å². The number of fused-ring (bicyclic) bond motifs is 1. The average molecular weight is 329 g/mol. The van der Waals surface area contributed by atoms with Crippen molar-refractivity contribution in [2.24, 2.45) is 0 Å². The first-order valence-corrected chi connectivity index (χ1v) is 7.97. The first kappa shape index (κ1) is 15.6. The summed E-state index contributed by atoms with van der Waals surface area (Å²) in [6.45, 7) is 2.61. The van der Waals surface area contributed by atoms with Gasteiger partial charge in [-0.1, -0.05) is 23.7 Å². The summed E-state index contributed by atoms with van der Waals surface area (Å²) in [6.07, 6.45) is 1.20. The zero-order valence-electron chi connectivity index (χ0n) is 12.8. The lowest BCUT2D eigenvalue weighted by atomic mass is 10.0. The maximum absolute atomic E-state index is 12.3. The molecule has 0 aliphatic carbocycles. The van der Waals surface area contributed by atoms with Gasteiger partial charge in [0.05, 0.1) is 10.6 Å². The lowest BCUT2D eigenvalue weighted by Gasteiger charge is -2.28. The summed E-state index contributed by atoms with van der Waals surface area (Å²) < 4.78 is 0. The van der Waals surface area contributed by atoms with Crippen molar-refractivity contribution in [2.45, 2.75) is 19.8 Å². The van der Waals surface area contributed by atoms with Gasteiger partial charge in [-0.15, -0.1) is 0 Å². The standard InChI is InChI=1S/C18H17ClN2O2/c1-2-21-16-9-8-13(11-12(16)7-10-17(21)22)20-18(23)14-5-3-4-6-15(14)19/h3-6,8-9,11H,2,7,10H2,1H3,(H,20,23). The summed E-state index contributed by atoms with van der Waals surface area (Å²) in [7, 11) is 0. The molecule has 2 aromatic carbocycles. The van der Waals surface area contributed by atoms with Crippen molar-refractivity contribution in [3.63, 3.8) is 0 Å². The van der Waals surface area contributed by atoms with Crippen molar-refractivity contribution >= 4 is 34.8 Å². The van der Waals surface area contributed by atoms with Crippen LogP contribution in [0.5, 0.6) is 0 Å². The highest BCUT2D eigenvalue weighted by molar-refractivity contribution is 6.34. The van der Waals surface area contributed by atoms with E-state index in [1.165, 1.54) is 0 Å². The van der Waals surface area contributed by atoms with E-state index in [2.05, 4.69) is 5.32 Å². The molecule has 1 aliphatic rings. The predicted octanol–water partition coefficient (Wildman–Crippen LogP) is 3.89. The van der Waals surface area contributed by atoms with Crippen molar-refractivity contribution in [2.75, 3.05) is 16.8 Å². The minimum absolute atomic E-state index is 0.146. The Morgan fingerprint density at radius 1 is 1.22 bits per heavy atom. The third-order valence-electron chi connectivity index (χ3n) is 3.97. The lowest BCUT2D eigenvalue weighted by molar-refractivity contribution is -0.118. The van der Waals surface area contributed by atoms with E-state index < -0.39 is 0 Å². The molecule has 23 heavy (non-hydrogen) atoms. The Morgan fingerprint density at radius 3 is 2.74 bits per heavy atom. The summed E-state index contributed by atoms with van der Waals surface area (Å²) in [5.41, 5.74) is 3.15. The lowest BCUT2D eigenvalue weighted by Crippen LogP contribution is -2.34. The molecule has 0 atom stereocenters. The fraction of sp³-hybridized carbons (Fsp3) is 0.222. The van der Waals surface area contributed by atoms with Crippen molar-refractivity contribution in [1.29, 1.82) is 0 Å². The molecule has 0 aromatic heterocycles. The molecule has 0 saturated carbocycles. The van der Waals surface area contributed by atoms with Gasteiger partial charge in [0.15, 0.2) is 0 Å². The molecule has 1 N–H and O–H groups in total. The Hall–Kier alpha value is -2.33. The average Bonchev–Trinajstić information content (AvgIpc) is 2.55. The maximum Gasteiger partial charge on any atom is 0.257 e. The van der Waals surface area contributed by atoms with Crippen molar-refractivity contribution in [1.82, 2.24) is 0 Å². The summed E-state index contributed by atoms with van der Waals surface area (Å²) in [5, 5.41) is 3.29. The molecule has 1 heterocycles. The van der Waals surface area contributed by atoms with Gasteiger partial charge in [0.1, 0.15) is 0 Å². The first-order valence-electron chi connectivity index (χ1n) is 7.59. The summed E-state index contributed by atoms with van der Waals surface area (Å²) >= 11 is 6.05. The molecular formula is C18H17ClN2O2. The summed E-state index contributed by atoms with van der Waals surface area (Å²) in [6, 6.07) is 12.6. The van der Waals surface area contributed by atoms with Crippen LogP contribution in [0.3, 0.4) is 0 Å². The maximum atomic E-state index is 12.3. The normalized spacial score (nSPS) is 13.7. The molecule has 118 valence electrons. The van der Waals surface area contributed by atoms with E-state index >= 15 is 0 Å². The Bertz CT molecular complexity index is 773. The second-order valence-corrected chi connectivity index (χ2v) is 5.82. The van der Waals surface area contributed by atoms with Gasteiger partial charge in [-0.05, 0) is 49.2 Å². The second-order valence-electron chi connectivity index (χ2n) is 5.42. The Kier molecular flexibility index (Phi) is 4.35. The van der Waals surface area contributed by atoms with Gasteiger partial charge in [0.25, 0.3) is 5.91 Å². The molecule has 3 rings (SSSR count). The highest BCUT2D eigenvalue weighted by Gasteiger charge is 2.23. The third-order valence-corrected chi connectivity index (χ3v) is 4.30. The molecule has 0 unspecified atom stereocenters. The molecule has 0 spiro atoms. The van der Waals surface area contributed by atoms with E-state index in [1.54, 1.807) is 29.2 Å². The minimum Gasteiger partial charge on any atom is -0.322 e. The van der Waals surface area contributed by atoms with Gasteiger partial charge < -0.3 is 10.2 Å². The Balaban J connectivity index is 1.84. The van der Waals surface area contributed by atoms with Crippen LogP contribution in [-0.2, 0) is 11.2 Å². The van der Waals surface area contributed by atoms with Crippen molar-refractivity contribution in [3.05, 3.63) is 58.6 Å². The molecule has 1 aliphatic heterocycles. The van der Waals surface area contributed by atoms with Crippen LogP contribution < -0.4 is 10.2 Å². The van der Waals surface area contributed by atoms with Gasteiger partial charge in [-0.3, -0.25) is 9.59 Å². The van der Waals surface area contributed by atoms with Crippen molar-refractivity contribution in [3.8, 4) is 0 Å². The topological polar surface area (TPSA) is 49.4 Å². The van der Waals surface area contributed by atoms with Gasteiger partial charge in [-0.2, -0.15) is 0 Å². The van der Waals surface area contributed by atoms with Crippen molar-refractivity contribution < 1.29 is 9.59 Å². The third kappa shape index (κ3) is 3.08. The van der Waals surface area contributed by atoms with E-state index in [4.69, 9.17) is 11.6 Å². The number of carbonyl (C=O) groups is 2. The summed E-state index contributed by atoms with van der Waals surface area (Å²) in [5.74, 6) is -0.0948. The van der Waals surface area contributed by atoms with Crippen LogP contribution in [0.1, 0.15) is 29.3 Å². The fourth-order valence-electron chi connectivity index (χ4n) is 2.83. The number of anilines is 2. The SMILES string of the molecule is CCN1C(=O)CCc2cc(NC(=O)c3ccccc3Cl)ccc21. The number of aryl methyl sites for hydroxylation is 1. The molecule has 0 fully saturated rings. The number of benzene rings is 2. The quantitative estimate of drug-likeness (QED) is 0.929. The van der Waals surface area contributed by atoms with Gasteiger partial charge in [-0.25, -0.2) is 0 Å². The number of nitrogens with zero attached hydrogens (tertiary/aromatic N) is 1. The molecule has 2 amide bonds. The number of hydrogen-bond acceptors (Lipinski definition) is 2. The monoisotopic (exact) mass is 328 g/mol. The smallest absolute Gasteiger partial charge is 0.257 e. The molecule has 2 aromatic rings. The van der Waals surface area contributed by atoms with Crippen LogP contribution in [0, 0.1) is 0 Å². The van der Waals surface area contributed by atoms with Crippen LogP contribution in [0.4, 0.5) is 11.4 Å². The molecule has 0 bridgehead atoms. The van der Waals surface area contributed by atoms with Crippen LogP contribution in [0.15, 0.2) is 42.5 Å². The van der Waals surface area contributed by atoms with Gasteiger partial charge >= 0.3 is 0 Å². The minimum atomic E-state index is -0.241. The van der Waals surface area contributed by atoms with Crippen LogP contribution in [-0.4, -0.2) is 18.4 Å². The number of carbonyl (C=O) groups excluding carboxylic acids is 2. The van der Waals surface area contributed by atoms with E-state index in [9.17, 15) is 9.59 Å². The number of rotatable bonds is 3. The first-order chi connectivity index (χ1) is 11.1. The molecule has 5 heteroatoms. The van der Waals surface area contributed by atoms with Crippen LogP contribution >= 0.6 is 11.6 Å². The van der Waals surface area contributed by atoms with Gasteiger partial charge in [0, 0.05) is 24.3 Å². The number of amides is 2. The second kappa shape index (κ2) is 6.42. The zero-order valence-corrected chi connectivity index (χ0v) is 13.6. The predicted molar refractivity (Wildman–Crippen MR) is 92.2 cm³/mol. The zero-order chi connectivity index (χ0) is 16.4. The van der Waals surface area contributed by atoms with Gasteiger partial charge in [0.2, 0.25) is 5.91 Å². The number of hydrogen-bond donors (Lipinski definition) is 1.